The van der Waals surface area contributed by atoms with Crippen molar-refractivity contribution in [3.8, 4) is 0 Å². The fraction of sp³-hybridized carbons (Fsp3) is 0.538. The first-order valence-corrected chi connectivity index (χ1v) is 5.78. The average Bonchev–Trinajstić information content (AvgIpc) is 2.29. The zero-order valence-corrected chi connectivity index (χ0v) is 9.89. The molecule has 0 spiro atoms. The van der Waals surface area contributed by atoms with Gasteiger partial charge in [0.25, 0.3) is 0 Å². The van der Waals surface area contributed by atoms with E-state index in [1.165, 1.54) is 12.1 Å². The number of nitrogens with one attached hydrogen (secondary N) is 1. The van der Waals surface area contributed by atoms with Gasteiger partial charge in [0, 0.05) is 6.04 Å². The minimum Gasteiger partial charge on any atom is -0.317 e. The van der Waals surface area contributed by atoms with Crippen molar-refractivity contribution in [2.45, 2.75) is 38.6 Å². The number of benzene rings is 1. The van der Waals surface area contributed by atoms with Crippen molar-refractivity contribution in [2.75, 3.05) is 7.05 Å². The molecule has 0 saturated heterocycles. The molecule has 0 saturated carbocycles. The Kier molecular flexibility index (Phi) is 5.39. The van der Waals surface area contributed by atoms with Crippen LogP contribution in [0.4, 0.5) is 8.78 Å². The summed E-state index contributed by atoms with van der Waals surface area (Å²) in [6.45, 7) is 2.14. The number of halogens is 2. The highest BCUT2D eigenvalue weighted by atomic mass is 19.2. The molecule has 0 aliphatic heterocycles. The molecule has 0 aromatic heterocycles. The summed E-state index contributed by atoms with van der Waals surface area (Å²) in [7, 11) is 1.90. The van der Waals surface area contributed by atoms with Crippen LogP contribution in [0.15, 0.2) is 18.2 Å². The second-order valence-corrected chi connectivity index (χ2v) is 4.08. The quantitative estimate of drug-likeness (QED) is 0.786. The molecule has 0 fully saturated rings. The molecule has 0 amide bonds. The second kappa shape index (κ2) is 6.59. The van der Waals surface area contributed by atoms with E-state index >= 15 is 0 Å². The first kappa shape index (κ1) is 13.1. The van der Waals surface area contributed by atoms with Gasteiger partial charge in [-0.05, 0) is 37.6 Å². The summed E-state index contributed by atoms with van der Waals surface area (Å²) in [5.74, 6) is -1.54. The topological polar surface area (TPSA) is 12.0 Å². The SMILES string of the molecule is CCCCC(Cc1ccc(F)c(F)c1)NC. The van der Waals surface area contributed by atoms with Crippen molar-refractivity contribution in [1.82, 2.24) is 5.32 Å². The highest BCUT2D eigenvalue weighted by molar-refractivity contribution is 5.18. The maximum absolute atomic E-state index is 13.0. The van der Waals surface area contributed by atoms with E-state index in [0.717, 1.165) is 31.2 Å². The Labute approximate surface area is 95.9 Å². The molecule has 1 aromatic carbocycles. The molecule has 1 atom stereocenters. The Morgan fingerprint density at radius 2 is 2.00 bits per heavy atom. The summed E-state index contributed by atoms with van der Waals surface area (Å²) in [5.41, 5.74) is 0.842. The van der Waals surface area contributed by atoms with E-state index in [-0.39, 0.29) is 0 Å². The minimum absolute atomic E-state index is 0.338. The Morgan fingerprint density at radius 3 is 2.56 bits per heavy atom. The van der Waals surface area contributed by atoms with Crippen molar-refractivity contribution < 1.29 is 8.78 Å². The summed E-state index contributed by atoms with van der Waals surface area (Å²) in [6, 6.07) is 4.46. The Morgan fingerprint density at radius 1 is 1.25 bits per heavy atom. The van der Waals surface area contributed by atoms with Gasteiger partial charge in [-0.15, -0.1) is 0 Å². The van der Waals surface area contributed by atoms with Crippen molar-refractivity contribution in [3.05, 3.63) is 35.4 Å². The van der Waals surface area contributed by atoms with E-state index < -0.39 is 11.6 Å². The number of rotatable bonds is 6. The normalized spacial score (nSPS) is 12.8. The lowest BCUT2D eigenvalue weighted by molar-refractivity contribution is 0.488. The first-order valence-electron chi connectivity index (χ1n) is 5.78. The van der Waals surface area contributed by atoms with Crippen LogP contribution in [0.5, 0.6) is 0 Å². The number of likely N-dealkylation sites (N-methyl/N-ethyl adjacent to an activating group) is 1. The van der Waals surface area contributed by atoms with Crippen LogP contribution >= 0.6 is 0 Å². The van der Waals surface area contributed by atoms with Gasteiger partial charge in [-0.1, -0.05) is 25.8 Å². The van der Waals surface area contributed by atoms with Gasteiger partial charge in [-0.2, -0.15) is 0 Å². The summed E-state index contributed by atoms with van der Waals surface area (Å²) in [5, 5.41) is 3.20. The molecule has 0 heterocycles. The Balaban J connectivity index is 2.59. The highest BCUT2D eigenvalue weighted by Gasteiger charge is 2.08. The standard InChI is InChI=1S/C13H19F2N/c1-3-4-5-11(16-2)8-10-6-7-12(14)13(15)9-10/h6-7,9,11,16H,3-5,8H2,1-2H3. The third kappa shape index (κ3) is 3.89. The third-order valence-corrected chi connectivity index (χ3v) is 2.78. The van der Waals surface area contributed by atoms with E-state index in [1.54, 1.807) is 6.07 Å². The molecular weight excluding hydrogens is 208 g/mol. The number of unbranched alkanes of at least 4 members (excludes halogenated alkanes) is 1. The van der Waals surface area contributed by atoms with Crippen LogP contribution in [0.3, 0.4) is 0 Å². The van der Waals surface area contributed by atoms with E-state index in [1.807, 2.05) is 7.05 Å². The Hall–Kier alpha value is -0.960. The van der Waals surface area contributed by atoms with Crippen LogP contribution < -0.4 is 5.32 Å². The lowest BCUT2D eigenvalue weighted by atomic mass is 10.0. The zero-order valence-electron chi connectivity index (χ0n) is 9.89. The van der Waals surface area contributed by atoms with Gasteiger partial charge >= 0.3 is 0 Å². The summed E-state index contributed by atoms with van der Waals surface area (Å²) in [6.07, 6.45) is 4.10. The van der Waals surface area contributed by atoms with Crippen molar-refractivity contribution >= 4 is 0 Å². The summed E-state index contributed by atoms with van der Waals surface area (Å²) >= 11 is 0. The molecule has 0 radical (unpaired) electrons. The molecule has 90 valence electrons. The van der Waals surface area contributed by atoms with Crippen LogP contribution in [0.1, 0.15) is 31.7 Å². The molecule has 1 aromatic rings. The number of hydrogen-bond donors (Lipinski definition) is 1. The van der Waals surface area contributed by atoms with Crippen LogP contribution in [-0.2, 0) is 6.42 Å². The molecule has 0 aliphatic rings. The van der Waals surface area contributed by atoms with Gasteiger partial charge in [0.1, 0.15) is 0 Å². The lowest BCUT2D eigenvalue weighted by Gasteiger charge is -2.15. The van der Waals surface area contributed by atoms with Crippen molar-refractivity contribution in [2.24, 2.45) is 0 Å². The lowest BCUT2D eigenvalue weighted by Crippen LogP contribution is -2.27. The molecular formula is C13H19F2N. The first-order chi connectivity index (χ1) is 7.67. The zero-order chi connectivity index (χ0) is 12.0. The maximum atomic E-state index is 13.0. The van der Waals surface area contributed by atoms with E-state index in [2.05, 4.69) is 12.2 Å². The van der Waals surface area contributed by atoms with E-state index in [9.17, 15) is 8.78 Å². The van der Waals surface area contributed by atoms with Crippen LogP contribution in [0.2, 0.25) is 0 Å². The highest BCUT2D eigenvalue weighted by Crippen LogP contribution is 2.12. The summed E-state index contributed by atoms with van der Waals surface area (Å²) < 4.78 is 25.7. The summed E-state index contributed by atoms with van der Waals surface area (Å²) in [4.78, 5) is 0. The van der Waals surface area contributed by atoms with Crippen LogP contribution in [0, 0.1) is 11.6 Å². The van der Waals surface area contributed by atoms with Gasteiger partial charge in [-0.25, -0.2) is 8.78 Å². The molecule has 1 nitrogen and oxygen atoms in total. The van der Waals surface area contributed by atoms with Crippen molar-refractivity contribution in [3.63, 3.8) is 0 Å². The second-order valence-electron chi connectivity index (χ2n) is 4.08. The molecule has 1 unspecified atom stereocenters. The predicted octanol–water partition coefficient (Wildman–Crippen LogP) is 3.29. The average molecular weight is 227 g/mol. The fourth-order valence-electron chi connectivity index (χ4n) is 1.75. The number of hydrogen-bond acceptors (Lipinski definition) is 1. The van der Waals surface area contributed by atoms with Gasteiger partial charge in [0.05, 0.1) is 0 Å². The van der Waals surface area contributed by atoms with Gasteiger partial charge < -0.3 is 5.32 Å². The fourth-order valence-corrected chi connectivity index (χ4v) is 1.75. The Bertz CT molecular complexity index is 326. The smallest absolute Gasteiger partial charge is 0.159 e. The monoisotopic (exact) mass is 227 g/mol. The molecule has 3 heteroatoms. The molecule has 16 heavy (non-hydrogen) atoms. The van der Waals surface area contributed by atoms with Gasteiger partial charge in [0.2, 0.25) is 0 Å². The van der Waals surface area contributed by atoms with Crippen LogP contribution in [-0.4, -0.2) is 13.1 Å². The minimum atomic E-state index is -0.779. The molecule has 1 N–H and O–H groups in total. The van der Waals surface area contributed by atoms with Crippen LogP contribution in [0.25, 0.3) is 0 Å². The largest absolute Gasteiger partial charge is 0.317 e. The van der Waals surface area contributed by atoms with Gasteiger partial charge in [-0.3, -0.25) is 0 Å². The molecule has 0 bridgehead atoms. The van der Waals surface area contributed by atoms with E-state index in [4.69, 9.17) is 0 Å². The van der Waals surface area contributed by atoms with Crippen molar-refractivity contribution in [1.29, 1.82) is 0 Å². The van der Waals surface area contributed by atoms with E-state index in [0.29, 0.717) is 6.04 Å². The molecule has 0 aliphatic carbocycles. The molecule has 1 rings (SSSR count). The third-order valence-electron chi connectivity index (χ3n) is 2.78. The van der Waals surface area contributed by atoms with Gasteiger partial charge in [0.15, 0.2) is 11.6 Å². The maximum Gasteiger partial charge on any atom is 0.159 e. The predicted molar refractivity (Wildman–Crippen MR) is 62.4 cm³/mol.